The van der Waals surface area contributed by atoms with Gasteiger partial charge < -0.3 is 0 Å². The zero-order valence-electron chi connectivity index (χ0n) is 3.14. The van der Waals surface area contributed by atoms with Gasteiger partial charge in [-0.05, 0) is 0 Å². The third-order valence-electron chi connectivity index (χ3n) is 0.257. The molecule has 0 heterocycles. The third kappa shape index (κ3) is 4.53. The molecule has 0 aliphatic carbocycles. The number of hydrogen-bond acceptors (Lipinski definition) is 1. The van der Waals surface area contributed by atoms with Crippen molar-refractivity contribution in [3.8, 4) is 0 Å². The maximum absolute atomic E-state index is 9.94. The topological polar surface area (TPSA) is 17.1 Å². The Hall–Kier alpha value is 0.530. The largest absolute Gasteiger partial charge is 0.339 e. The van der Waals surface area contributed by atoms with E-state index in [1.807, 2.05) is 0 Å². The molecule has 0 spiro atoms. The minimum atomic E-state index is -0.885. The van der Waals surface area contributed by atoms with Crippen molar-refractivity contribution in [1.82, 2.24) is 0 Å². The summed E-state index contributed by atoms with van der Waals surface area (Å²) in [6.45, 7) is 1.71. The summed E-state index contributed by atoms with van der Waals surface area (Å²) in [4.78, 5) is 0. The van der Waals surface area contributed by atoms with Gasteiger partial charge in [0, 0.05) is 0 Å². The Kier molecular flexibility index (Phi) is 3.04. The molecule has 0 aromatic rings. The molecule has 0 aliphatic rings. The molecular weight excluding hydrogens is 102 g/mol. The van der Waals surface area contributed by atoms with Crippen molar-refractivity contribution in [1.29, 1.82) is 0 Å². The maximum Gasteiger partial charge on any atom is 0.339 e. The van der Waals surface area contributed by atoms with Crippen molar-refractivity contribution in [2.45, 2.75) is 0 Å². The van der Waals surface area contributed by atoms with E-state index >= 15 is 0 Å². The Morgan fingerprint density at radius 2 is 2.20 bits per heavy atom. The Morgan fingerprint density at radius 3 is 2.20 bits per heavy atom. The standard InChI is InChI=1S/C2H7OP2/c1-5(3)2-4/h2,4H2,1H3/q+1. The van der Waals surface area contributed by atoms with Crippen LogP contribution in [0.1, 0.15) is 0 Å². The molecule has 0 radical (unpaired) electrons. The average Bonchev–Trinajstić information content (AvgIpc) is 1.38. The van der Waals surface area contributed by atoms with E-state index in [1.54, 1.807) is 6.66 Å². The van der Waals surface area contributed by atoms with Crippen LogP contribution in [-0.2, 0) is 4.57 Å². The molecule has 30 valence electrons. The van der Waals surface area contributed by atoms with Crippen LogP contribution >= 0.6 is 17.0 Å². The molecule has 0 aromatic carbocycles. The van der Waals surface area contributed by atoms with Gasteiger partial charge in [-0.2, -0.15) is 0 Å². The van der Waals surface area contributed by atoms with Crippen molar-refractivity contribution in [2.75, 3.05) is 12.6 Å². The van der Waals surface area contributed by atoms with E-state index in [9.17, 15) is 4.57 Å². The first kappa shape index (κ1) is 5.53. The second-order valence-electron chi connectivity index (χ2n) is 0.810. The Morgan fingerprint density at radius 1 is 2.00 bits per heavy atom. The smallest absolute Gasteiger partial charge is 0.0856 e. The van der Waals surface area contributed by atoms with Crippen molar-refractivity contribution >= 4 is 17.0 Å². The normalized spacial score (nSPS) is 11.2. The highest BCUT2D eigenvalue weighted by Gasteiger charge is 1.93. The molecule has 0 aliphatic heterocycles. The van der Waals surface area contributed by atoms with E-state index in [0.717, 1.165) is 5.90 Å². The minimum Gasteiger partial charge on any atom is -0.0856 e. The van der Waals surface area contributed by atoms with Crippen LogP contribution in [0.3, 0.4) is 0 Å². The van der Waals surface area contributed by atoms with E-state index in [1.165, 1.54) is 0 Å². The second-order valence-corrected chi connectivity index (χ2v) is 3.53. The van der Waals surface area contributed by atoms with Gasteiger partial charge in [0.05, 0.1) is 0 Å². The van der Waals surface area contributed by atoms with E-state index in [4.69, 9.17) is 0 Å². The fourth-order valence-electron chi connectivity index (χ4n) is 0. The summed E-state index contributed by atoms with van der Waals surface area (Å²) in [5, 5.41) is 0. The Labute approximate surface area is 35.1 Å². The summed E-state index contributed by atoms with van der Waals surface area (Å²) in [5.74, 6) is 0.731. The van der Waals surface area contributed by atoms with Gasteiger partial charge in [0.1, 0.15) is 6.66 Å². The van der Waals surface area contributed by atoms with Crippen LogP contribution in [0.4, 0.5) is 0 Å². The monoisotopic (exact) mass is 109 g/mol. The summed E-state index contributed by atoms with van der Waals surface area (Å²) >= 11 is 0. The molecule has 0 N–H and O–H groups in total. The predicted molar refractivity (Wildman–Crippen MR) is 28.1 cm³/mol. The molecule has 0 rings (SSSR count). The molecule has 0 amide bonds. The van der Waals surface area contributed by atoms with Gasteiger partial charge in [-0.15, -0.1) is 0 Å². The van der Waals surface area contributed by atoms with Gasteiger partial charge >= 0.3 is 7.80 Å². The molecule has 5 heavy (non-hydrogen) atoms. The quantitative estimate of drug-likeness (QED) is 0.463. The van der Waals surface area contributed by atoms with Crippen LogP contribution in [0.15, 0.2) is 0 Å². The predicted octanol–water partition coefficient (Wildman–Crippen LogP) is 1.28. The van der Waals surface area contributed by atoms with Gasteiger partial charge in [0.15, 0.2) is 5.90 Å². The molecule has 1 nitrogen and oxygen atoms in total. The van der Waals surface area contributed by atoms with E-state index in [-0.39, 0.29) is 0 Å². The van der Waals surface area contributed by atoms with Crippen LogP contribution in [-0.4, -0.2) is 12.6 Å². The lowest BCUT2D eigenvalue weighted by Gasteiger charge is -1.56. The molecule has 0 aromatic heterocycles. The van der Waals surface area contributed by atoms with Gasteiger partial charge in [0.2, 0.25) is 0 Å². The fourth-order valence-corrected chi connectivity index (χ4v) is 0. The zero-order chi connectivity index (χ0) is 4.28. The minimum absolute atomic E-state index is 0.731. The van der Waals surface area contributed by atoms with Gasteiger partial charge in [-0.3, -0.25) is 0 Å². The average molecular weight is 109 g/mol. The van der Waals surface area contributed by atoms with E-state index in [0.29, 0.717) is 0 Å². The Balaban J connectivity index is 2.85. The van der Waals surface area contributed by atoms with E-state index in [2.05, 4.69) is 9.24 Å². The number of rotatable bonds is 1. The highest BCUT2D eigenvalue weighted by molar-refractivity contribution is 7.52. The van der Waals surface area contributed by atoms with Crippen molar-refractivity contribution in [2.24, 2.45) is 0 Å². The van der Waals surface area contributed by atoms with Crippen molar-refractivity contribution < 1.29 is 4.57 Å². The van der Waals surface area contributed by atoms with Crippen LogP contribution in [0.25, 0.3) is 0 Å². The van der Waals surface area contributed by atoms with Crippen molar-refractivity contribution in [3.05, 3.63) is 0 Å². The third-order valence-corrected chi connectivity index (χ3v) is 2.31. The summed E-state index contributed by atoms with van der Waals surface area (Å²) in [6.07, 6.45) is 0. The summed E-state index contributed by atoms with van der Waals surface area (Å²) in [5.41, 5.74) is 0. The molecular formula is C2H7OP2+. The molecule has 3 heteroatoms. The lowest BCUT2D eigenvalue weighted by Crippen LogP contribution is -1.48. The number of hydrogen-bond donors (Lipinski definition) is 0. The summed E-state index contributed by atoms with van der Waals surface area (Å²) in [6, 6.07) is 0. The Bertz CT molecular complexity index is 42.9. The van der Waals surface area contributed by atoms with Crippen LogP contribution < -0.4 is 0 Å². The molecule has 0 saturated carbocycles. The van der Waals surface area contributed by atoms with Crippen molar-refractivity contribution in [3.63, 3.8) is 0 Å². The van der Waals surface area contributed by atoms with Gasteiger partial charge in [-0.25, -0.2) is 0 Å². The lowest BCUT2D eigenvalue weighted by molar-refractivity contribution is 0.594. The first-order chi connectivity index (χ1) is 2.27. The molecule has 0 saturated heterocycles. The van der Waals surface area contributed by atoms with Crippen LogP contribution in [0, 0.1) is 0 Å². The fraction of sp³-hybridized carbons (Fsp3) is 1.00. The summed E-state index contributed by atoms with van der Waals surface area (Å²) in [7, 11) is 1.53. The van der Waals surface area contributed by atoms with Gasteiger partial charge in [0.25, 0.3) is 0 Å². The van der Waals surface area contributed by atoms with Crippen LogP contribution in [0.5, 0.6) is 0 Å². The molecule has 2 atom stereocenters. The first-order valence-electron chi connectivity index (χ1n) is 1.35. The summed E-state index contributed by atoms with van der Waals surface area (Å²) < 4.78 is 9.94. The molecule has 0 fully saturated rings. The first-order valence-corrected chi connectivity index (χ1v) is 4.06. The van der Waals surface area contributed by atoms with Crippen LogP contribution in [0.2, 0.25) is 0 Å². The zero-order valence-corrected chi connectivity index (χ0v) is 5.19. The van der Waals surface area contributed by atoms with Gasteiger partial charge in [-0.1, -0.05) is 13.8 Å². The molecule has 0 bridgehead atoms. The van der Waals surface area contributed by atoms with E-state index < -0.39 is 7.80 Å². The maximum atomic E-state index is 9.94. The second kappa shape index (κ2) is 2.75. The highest BCUT2D eigenvalue weighted by atomic mass is 31.1. The highest BCUT2D eigenvalue weighted by Crippen LogP contribution is 2.15. The SMILES string of the molecule is C[P+](=O)CP. The lowest BCUT2D eigenvalue weighted by atomic mass is 11.9. The molecule has 2 unspecified atom stereocenters.